The molecule has 0 heterocycles. The molecule has 1 aromatic rings. The second-order valence-corrected chi connectivity index (χ2v) is 5.99. The summed E-state index contributed by atoms with van der Waals surface area (Å²) >= 11 is 11.5. The lowest BCUT2D eigenvalue weighted by atomic mass is 10.4. The van der Waals surface area contributed by atoms with Gasteiger partial charge >= 0.3 is 0 Å². The molecule has 0 fully saturated rings. The summed E-state index contributed by atoms with van der Waals surface area (Å²) in [6.07, 6.45) is 5.06. The smallest absolute Gasteiger partial charge is 0.207 e. The molecule has 0 saturated carbocycles. The molecule has 0 aliphatic rings. The molecule has 1 rings (SSSR count). The van der Waals surface area contributed by atoms with E-state index in [0.29, 0.717) is 0 Å². The summed E-state index contributed by atoms with van der Waals surface area (Å²) in [6, 6.07) is 4.12. The fourth-order valence-electron chi connectivity index (χ4n) is 1.07. The zero-order valence-electron chi connectivity index (χ0n) is 8.44. The molecule has 0 aromatic heterocycles. The Kier molecular flexibility index (Phi) is 4.22. The van der Waals surface area contributed by atoms with E-state index in [1.165, 1.54) is 25.2 Å². The van der Waals surface area contributed by atoms with Crippen LogP contribution in [0.5, 0.6) is 0 Å². The van der Waals surface area contributed by atoms with Gasteiger partial charge in [-0.05, 0) is 18.2 Å². The van der Waals surface area contributed by atoms with E-state index in [0.717, 1.165) is 4.31 Å². The van der Waals surface area contributed by atoms with Gasteiger partial charge in [0.05, 0.1) is 11.4 Å². The number of terminal acetylenes is 1. The standard InChI is InChI=1S/C10H9Cl2NO2S/c1-3-4-13(2)16(14,15)10-6-8(11)5-9(12)7-10/h1,5-7H,4H2,2H3. The van der Waals surface area contributed by atoms with Gasteiger partial charge in [0, 0.05) is 17.1 Å². The van der Waals surface area contributed by atoms with Gasteiger partial charge < -0.3 is 0 Å². The van der Waals surface area contributed by atoms with Crippen LogP contribution in [-0.4, -0.2) is 26.3 Å². The van der Waals surface area contributed by atoms with Crippen LogP contribution in [0.3, 0.4) is 0 Å². The molecule has 0 amide bonds. The summed E-state index contributed by atoms with van der Waals surface area (Å²) < 4.78 is 24.9. The first kappa shape index (κ1) is 13.3. The van der Waals surface area contributed by atoms with Crippen molar-refractivity contribution in [1.82, 2.24) is 4.31 Å². The van der Waals surface area contributed by atoms with E-state index >= 15 is 0 Å². The van der Waals surface area contributed by atoms with Crippen LogP contribution in [0.2, 0.25) is 10.0 Å². The Morgan fingerprint density at radius 1 is 1.31 bits per heavy atom. The van der Waals surface area contributed by atoms with Gasteiger partial charge in [-0.3, -0.25) is 0 Å². The molecule has 0 saturated heterocycles. The molecular formula is C10H9Cl2NO2S. The molecule has 3 nitrogen and oxygen atoms in total. The van der Waals surface area contributed by atoms with Crippen LogP contribution in [0.25, 0.3) is 0 Å². The molecule has 0 aliphatic carbocycles. The van der Waals surface area contributed by atoms with Crippen molar-refractivity contribution in [2.45, 2.75) is 4.90 Å². The maximum absolute atomic E-state index is 11.9. The highest BCUT2D eigenvalue weighted by Gasteiger charge is 2.20. The van der Waals surface area contributed by atoms with Crippen LogP contribution < -0.4 is 0 Å². The zero-order valence-corrected chi connectivity index (χ0v) is 10.8. The van der Waals surface area contributed by atoms with E-state index in [4.69, 9.17) is 29.6 Å². The number of benzene rings is 1. The monoisotopic (exact) mass is 277 g/mol. The summed E-state index contributed by atoms with van der Waals surface area (Å²) in [4.78, 5) is 0.0303. The largest absolute Gasteiger partial charge is 0.243 e. The zero-order chi connectivity index (χ0) is 12.3. The van der Waals surface area contributed by atoms with Crippen molar-refractivity contribution in [1.29, 1.82) is 0 Å². The first-order valence-electron chi connectivity index (χ1n) is 4.24. The van der Waals surface area contributed by atoms with Gasteiger partial charge in [-0.25, -0.2) is 8.42 Å². The highest BCUT2D eigenvalue weighted by Crippen LogP contribution is 2.23. The minimum absolute atomic E-state index is 0.00747. The molecule has 0 bridgehead atoms. The van der Waals surface area contributed by atoms with Crippen molar-refractivity contribution in [2.75, 3.05) is 13.6 Å². The Morgan fingerprint density at radius 3 is 2.25 bits per heavy atom. The van der Waals surface area contributed by atoms with Crippen molar-refractivity contribution in [3.05, 3.63) is 28.2 Å². The summed E-state index contributed by atoms with van der Waals surface area (Å²) in [5, 5.41) is 0.528. The maximum atomic E-state index is 11.9. The van der Waals surface area contributed by atoms with Gasteiger partial charge in [0.1, 0.15) is 0 Å². The van der Waals surface area contributed by atoms with Crippen molar-refractivity contribution in [3.63, 3.8) is 0 Å². The lowest BCUT2D eigenvalue weighted by molar-refractivity contribution is 0.503. The summed E-state index contributed by atoms with van der Waals surface area (Å²) in [5.74, 6) is 2.25. The number of sulfonamides is 1. The molecule has 0 unspecified atom stereocenters. The average molecular weight is 278 g/mol. The van der Waals surface area contributed by atoms with Crippen molar-refractivity contribution in [3.8, 4) is 12.3 Å². The lowest BCUT2D eigenvalue weighted by Crippen LogP contribution is -2.27. The molecule has 0 spiro atoms. The van der Waals surface area contributed by atoms with E-state index < -0.39 is 10.0 Å². The lowest BCUT2D eigenvalue weighted by Gasteiger charge is -2.14. The topological polar surface area (TPSA) is 37.4 Å². The molecule has 0 N–H and O–H groups in total. The van der Waals surface area contributed by atoms with Crippen LogP contribution >= 0.6 is 23.2 Å². The third-order valence-corrected chi connectivity index (χ3v) is 4.08. The van der Waals surface area contributed by atoms with Gasteiger partial charge in [-0.1, -0.05) is 29.1 Å². The van der Waals surface area contributed by atoms with Gasteiger partial charge in [0.2, 0.25) is 10.0 Å². The summed E-state index contributed by atoms with van der Waals surface area (Å²) in [6.45, 7) is -0.00747. The van der Waals surface area contributed by atoms with Crippen LogP contribution in [-0.2, 0) is 10.0 Å². The Labute approximate surface area is 105 Å². The highest BCUT2D eigenvalue weighted by atomic mass is 35.5. The van der Waals surface area contributed by atoms with Gasteiger partial charge in [-0.2, -0.15) is 4.31 Å². The number of hydrogen-bond acceptors (Lipinski definition) is 2. The fourth-order valence-corrected chi connectivity index (χ4v) is 2.88. The Bertz CT molecular complexity index is 514. The van der Waals surface area contributed by atoms with Crippen LogP contribution in [0.1, 0.15) is 0 Å². The second kappa shape index (κ2) is 5.07. The van der Waals surface area contributed by atoms with E-state index in [1.807, 2.05) is 0 Å². The number of halogens is 2. The number of rotatable bonds is 3. The first-order chi connectivity index (χ1) is 7.37. The van der Waals surface area contributed by atoms with Gasteiger partial charge in [0.25, 0.3) is 0 Å². The minimum atomic E-state index is -3.62. The van der Waals surface area contributed by atoms with Crippen LogP contribution in [0.4, 0.5) is 0 Å². The molecule has 0 aliphatic heterocycles. The Balaban J connectivity index is 3.23. The SMILES string of the molecule is C#CCN(C)S(=O)(=O)c1cc(Cl)cc(Cl)c1. The van der Waals surface area contributed by atoms with E-state index in [2.05, 4.69) is 5.92 Å². The van der Waals surface area contributed by atoms with Gasteiger partial charge in [0.15, 0.2) is 0 Å². The number of nitrogens with zero attached hydrogens (tertiary/aromatic N) is 1. The van der Waals surface area contributed by atoms with E-state index in [1.54, 1.807) is 0 Å². The molecule has 0 radical (unpaired) electrons. The predicted molar refractivity (Wildman–Crippen MR) is 65.1 cm³/mol. The van der Waals surface area contributed by atoms with Gasteiger partial charge in [-0.15, -0.1) is 6.42 Å². The summed E-state index contributed by atoms with van der Waals surface area (Å²) in [7, 11) is -2.23. The molecule has 6 heteroatoms. The quantitative estimate of drug-likeness (QED) is 0.795. The second-order valence-electron chi connectivity index (χ2n) is 3.07. The van der Waals surface area contributed by atoms with Crippen LogP contribution in [0, 0.1) is 12.3 Å². The third-order valence-electron chi connectivity index (χ3n) is 1.86. The highest BCUT2D eigenvalue weighted by molar-refractivity contribution is 7.89. The van der Waals surface area contributed by atoms with Crippen molar-refractivity contribution >= 4 is 33.2 Å². The normalized spacial score (nSPS) is 11.4. The molecule has 86 valence electrons. The Morgan fingerprint density at radius 2 is 1.81 bits per heavy atom. The van der Waals surface area contributed by atoms with Crippen molar-refractivity contribution < 1.29 is 8.42 Å². The maximum Gasteiger partial charge on any atom is 0.243 e. The average Bonchev–Trinajstić information content (AvgIpc) is 2.16. The molecule has 1 aromatic carbocycles. The van der Waals surface area contributed by atoms with Crippen LogP contribution in [0.15, 0.2) is 23.1 Å². The molecule has 16 heavy (non-hydrogen) atoms. The fraction of sp³-hybridized carbons (Fsp3) is 0.200. The Hall–Kier alpha value is -0.730. The third kappa shape index (κ3) is 2.89. The molecular weight excluding hydrogens is 269 g/mol. The number of hydrogen-bond donors (Lipinski definition) is 0. The first-order valence-corrected chi connectivity index (χ1v) is 6.43. The molecule has 0 atom stereocenters. The van der Waals surface area contributed by atoms with E-state index in [-0.39, 0.29) is 21.5 Å². The predicted octanol–water partition coefficient (Wildman–Crippen LogP) is 2.25. The van der Waals surface area contributed by atoms with E-state index in [9.17, 15) is 8.42 Å². The summed E-state index contributed by atoms with van der Waals surface area (Å²) in [5.41, 5.74) is 0. The minimum Gasteiger partial charge on any atom is -0.207 e. The van der Waals surface area contributed by atoms with Crippen molar-refractivity contribution in [2.24, 2.45) is 0 Å².